The van der Waals surface area contributed by atoms with Gasteiger partial charge in [0.15, 0.2) is 0 Å². The number of nitrogens with zero attached hydrogens (tertiary/aromatic N) is 1. The van der Waals surface area contributed by atoms with E-state index < -0.39 is 6.04 Å². The molecule has 0 radical (unpaired) electrons. The zero-order valence-corrected chi connectivity index (χ0v) is 13.4. The summed E-state index contributed by atoms with van der Waals surface area (Å²) >= 11 is 0. The number of ether oxygens (including phenoxy) is 1. The molecule has 3 rings (SSSR count). The highest BCUT2D eigenvalue weighted by Crippen LogP contribution is 2.23. The van der Waals surface area contributed by atoms with Crippen LogP contribution in [0.4, 0.5) is 0 Å². The molecule has 120 valence electrons. The van der Waals surface area contributed by atoms with Crippen LogP contribution in [-0.4, -0.2) is 36.5 Å². The number of piperidine rings is 1. The fourth-order valence-corrected chi connectivity index (χ4v) is 3.15. The molecule has 1 N–H and O–H groups in total. The van der Waals surface area contributed by atoms with Crippen LogP contribution in [0.25, 0.3) is 0 Å². The third kappa shape index (κ3) is 3.10. The number of hydrogen-bond donors (Lipinski definition) is 1. The van der Waals surface area contributed by atoms with Gasteiger partial charge in [0.1, 0.15) is 6.04 Å². The number of halogens is 1. The molecule has 2 aliphatic rings. The Morgan fingerprint density at radius 2 is 2.00 bits per heavy atom. The predicted molar refractivity (Wildman–Crippen MR) is 84.9 cm³/mol. The van der Waals surface area contributed by atoms with Gasteiger partial charge in [0, 0.05) is 25.2 Å². The topological polar surface area (TPSA) is 58.6 Å². The quantitative estimate of drug-likeness (QED) is 0.844. The molecular formula is C16H21ClN2O3. The first-order chi connectivity index (χ1) is 10.2. The van der Waals surface area contributed by atoms with Crippen LogP contribution in [0.1, 0.15) is 40.7 Å². The number of amides is 1. The first-order valence-corrected chi connectivity index (χ1v) is 7.42. The minimum absolute atomic E-state index is 0. The largest absolute Gasteiger partial charge is 0.467 e. The maximum atomic E-state index is 12.7. The van der Waals surface area contributed by atoms with Gasteiger partial charge in [0.25, 0.3) is 5.91 Å². The van der Waals surface area contributed by atoms with Crippen molar-refractivity contribution in [3.05, 3.63) is 34.9 Å². The standard InChI is InChI=1S/C16H20N2O3.ClH/c1-21-16(20)14-4-2-3-7-18(14)15(19)11-5-6-12-9-17-10-13(12)8-11;/h5-6,8,14,17H,2-4,7,9-10H2,1H3;1H. The van der Waals surface area contributed by atoms with Crippen molar-refractivity contribution in [2.24, 2.45) is 0 Å². The van der Waals surface area contributed by atoms with Gasteiger partial charge in [-0.05, 0) is 42.5 Å². The molecule has 2 aliphatic heterocycles. The van der Waals surface area contributed by atoms with Crippen LogP contribution in [0.3, 0.4) is 0 Å². The second kappa shape index (κ2) is 7.11. The van der Waals surface area contributed by atoms with E-state index in [0.29, 0.717) is 18.5 Å². The Morgan fingerprint density at radius 3 is 2.77 bits per heavy atom. The summed E-state index contributed by atoms with van der Waals surface area (Å²) in [6.45, 7) is 2.28. The zero-order chi connectivity index (χ0) is 14.8. The molecule has 1 fully saturated rings. The molecular weight excluding hydrogens is 304 g/mol. The fourth-order valence-electron chi connectivity index (χ4n) is 3.15. The Hall–Kier alpha value is -1.59. The summed E-state index contributed by atoms with van der Waals surface area (Å²) in [5, 5.41) is 3.27. The summed E-state index contributed by atoms with van der Waals surface area (Å²) in [7, 11) is 1.38. The van der Waals surface area contributed by atoms with Crippen molar-refractivity contribution in [3.8, 4) is 0 Å². The van der Waals surface area contributed by atoms with E-state index in [1.165, 1.54) is 18.2 Å². The van der Waals surface area contributed by atoms with E-state index in [4.69, 9.17) is 4.74 Å². The normalized spacial score (nSPS) is 20.0. The van der Waals surface area contributed by atoms with E-state index in [1.807, 2.05) is 18.2 Å². The maximum absolute atomic E-state index is 12.7. The lowest BCUT2D eigenvalue weighted by Crippen LogP contribution is -2.48. The third-order valence-corrected chi connectivity index (χ3v) is 4.32. The van der Waals surface area contributed by atoms with Gasteiger partial charge in [-0.3, -0.25) is 4.79 Å². The number of carbonyl (C=O) groups excluding carboxylic acids is 2. The lowest BCUT2D eigenvalue weighted by atomic mass is 9.99. The summed E-state index contributed by atoms with van der Waals surface area (Å²) in [5.74, 6) is -0.384. The van der Waals surface area contributed by atoms with Crippen molar-refractivity contribution < 1.29 is 14.3 Å². The minimum Gasteiger partial charge on any atom is -0.467 e. The summed E-state index contributed by atoms with van der Waals surface area (Å²) in [5.41, 5.74) is 3.08. The Bertz CT molecular complexity index is 577. The molecule has 1 aromatic rings. The van der Waals surface area contributed by atoms with Crippen LogP contribution >= 0.6 is 12.4 Å². The number of nitrogens with one attached hydrogen (secondary N) is 1. The van der Waals surface area contributed by atoms with Gasteiger partial charge in [-0.2, -0.15) is 0 Å². The smallest absolute Gasteiger partial charge is 0.328 e. The Morgan fingerprint density at radius 1 is 1.23 bits per heavy atom. The summed E-state index contributed by atoms with van der Waals surface area (Å²) in [6, 6.07) is 5.36. The molecule has 5 nitrogen and oxygen atoms in total. The molecule has 2 heterocycles. The summed E-state index contributed by atoms with van der Waals surface area (Å²) < 4.78 is 4.84. The maximum Gasteiger partial charge on any atom is 0.328 e. The van der Waals surface area contributed by atoms with E-state index in [9.17, 15) is 9.59 Å². The highest BCUT2D eigenvalue weighted by Gasteiger charge is 2.33. The third-order valence-electron chi connectivity index (χ3n) is 4.32. The number of carbonyl (C=O) groups is 2. The monoisotopic (exact) mass is 324 g/mol. The van der Waals surface area contributed by atoms with Crippen molar-refractivity contribution in [1.82, 2.24) is 10.2 Å². The Balaban J connectivity index is 0.00000176. The second-order valence-electron chi connectivity index (χ2n) is 5.62. The second-order valence-corrected chi connectivity index (χ2v) is 5.62. The van der Waals surface area contributed by atoms with E-state index >= 15 is 0 Å². The molecule has 0 spiro atoms. The molecule has 0 aromatic heterocycles. The predicted octanol–water partition coefficient (Wildman–Crippen LogP) is 1.88. The number of likely N-dealkylation sites (tertiary alicyclic amines) is 1. The molecule has 0 bridgehead atoms. The van der Waals surface area contributed by atoms with Crippen LogP contribution in [0.15, 0.2) is 18.2 Å². The van der Waals surface area contributed by atoms with Gasteiger partial charge in [0.2, 0.25) is 0 Å². The van der Waals surface area contributed by atoms with Gasteiger partial charge in [0.05, 0.1) is 7.11 Å². The van der Waals surface area contributed by atoms with Gasteiger partial charge in [-0.1, -0.05) is 6.07 Å². The van der Waals surface area contributed by atoms with Crippen LogP contribution in [0, 0.1) is 0 Å². The molecule has 1 saturated heterocycles. The number of esters is 1. The fraction of sp³-hybridized carbons (Fsp3) is 0.500. The zero-order valence-electron chi connectivity index (χ0n) is 12.6. The SMILES string of the molecule is COC(=O)C1CCCCN1C(=O)c1ccc2c(c1)CNC2.Cl. The van der Waals surface area contributed by atoms with Crippen LogP contribution < -0.4 is 5.32 Å². The lowest BCUT2D eigenvalue weighted by molar-refractivity contribution is -0.147. The average molecular weight is 325 g/mol. The van der Waals surface area contributed by atoms with Gasteiger partial charge >= 0.3 is 5.97 Å². The first kappa shape index (κ1) is 16.8. The number of hydrogen-bond acceptors (Lipinski definition) is 4. The lowest BCUT2D eigenvalue weighted by Gasteiger charge is -2.33. The Kier molecular flexibility index (Phi) is 5.42. The number of rotatable bonds is 2. The van der Waals surface area contributed by atoms with Gasteiger partial charge in [-0.25, -0.2) is 4.79 Å². The minimum atomic E-state index is -0.442. The number of benzene rings is 1. The van der Waals surface area contributed by atoms with Crippen molar-refractivity contribution in [3.63, 3.8) is 0 Å². The van der Waals surface area contributed by atoms with Crippen LogP contribution in [0.5, 0.6) is 0 Å². The molecule has 1 unspecified atom stereocenters. The van der Waals surface area contributed by atoms with E-state index in [1.54, 1.807) is 4.90 Å². The molecule has 22 heavy (non-hydrogen) atoms. The highest BCUT2D eigenvalue weighted by atomic mass is 35.5. The van der Waals surface area contributed by atoms with E-state index in [0.717, 1.165) is 25.9 Å². The molecule has 1 aromatic carbocycles. The van der Waals surface area contributed by atoms with E-state index in [-0.39, 0.29) is 24.3 Å². The van der Waals surface area contributed by atoms with Crippen molar-refractivity contribution in [1.29, 1.82) is 0 Å². The van der Waals surface area contributed by atoms with Crippen LogP contribution in [-0.2, 0) is 22.6 Å². The molecule has 6 heteroatoms. The van der Waals surface area contributed by atoms with E-state index in [2.05, 4.69) is 5.32 Å². The molecule has 0 saturated carbocycles. The molecule has 0 aliphatic carbocycles. The highest BCUT2D eigenvalue weighted by molar-refractivity contribution is 5.97. The van der Waals surface area contributed by atoms with Crippen LogP contribution in [0.2, 0.25) is 0 Å². The summed E-state index contributed by atoms with van der Waals surface area (Å²) in [4.78, 5) is 26.3. The van der Waals surface area contributed by atoms with Crippen molar-refractivity contribution in [2.45, 2.75) is 38.4 Å². The average Bonchev–Trinajstić information content (AvgIpc) is 3.01. The van der Waals surface area contributed by atoms with Crippen molar-refractivity contribution in [2.75, 3.05) is 13.7 Å². The van der Waals surface area contributed by atoms with Gasteiger partial charge < -0.3 is 15.0 Å². The molecule has 1 amide bonds. The first-order valence-electron chi connectivity index (χ1n) is 7.42. The van der Waals surface area contributed by atoms with Gasteiger partial charge in [-0.15, -0.1) is 12.4 Å². The number of fused-ring (bicyclic) bond motifs is 1. The molecule has 1 atom stereocenters. The van der Waals surface area contributed by atoms with Crippen molar-refractivity contribution >= 4 is 24.3 Å². The Labute approximate surface area is 136 Å². The number of methoxy groups -OCH3 is 1. The summed E-state index contributed by atoms with van der Waals surface area (Å²) in [6.07, 6.45) is 2.58.